The highest BCUT2D eigenvalue weighted by atomic mass is 35.5. The lowest BCUT2D eigenvalue weighted by Crippen LogP contribution is -2.00. The average Bonchev–Trinajstić information content (AvgIpc) is 3.09. The number of aryl methyl sites for hydroxylation is 2. The molecule has 0 radical (unpaired) electrons. The number of halogens is 1. The standard InChI is InChI=1S/C16H14ClNO4S/c1-9-14(23-10(2)18-9)7-20-15(19)4-3-11-5-12(17)16-13(6-11)21-8-22-16/h3-6H,7-8H2,1-2H3/b4-3+. The van der Waals surface area contributed by atoms with Crippen molar-refractivity contribution < 1.29 is 19.0 Å². The molecule has 3 rings (SSSR count). The lowest BCUT2D eigenvalue weighted by atomic mass is 10.2. The second-order valence-corrected chi connectivity index (χ2v) is 6.61. The Hall–Kier alpha value is -2.05. The molecule has 1 aromatic carbocycles. The van der Waals surface area contributed by atoms with Crippen molar-refractivity contribution in [1.29, 1.82) is 0 Å². The number of hydrogen-bond acceptors (Lipinski definition) is 6. The molecule has 1 aromatic heterocycles. The highest BCUT2D eigenvalue weighted by molar-refractivity contribution is 7.11. The van der Waals surface area contributed by atoms with Crippen molar-refractivity contribution in [1.82, 2.24) is 4.98 Å². The Bertz CT molecular complexity index is 785. The van der Waals surface area contributed by atoms with Gasteiger partial charge in [-0.2, -0.15) is 0 Å². The van der Waals surface area contributed by atoms with Crippen molar-refractivity contribution >= 4 is 35.0 Å². The highest BCUT2D eigenvalue weighted by Gasteiger charge is 2.17. The SMILES string of the molecule is Cc1nc(C)c(COC(=O)/C=C/c2cc(Cl)c3c(c2)OCO3)s1. The van der Waals surface area contributed by atoms with Crippen molar-refractivity contribution in [3.8, 4) is 11.5 Å². The second-order valence-electron chi connectivity index (χ2n) is 4.92. The van der Waals surface area contributed by atoms with Crippen molar-refractivity contribution in [2.24, 2.45) is 0 Å². The molecule has 0 amide bonds. The smallest absolute Gasteiger partial charge is 0.331 e. The predicted octanol–water partition coefficient (Wildman–Crippen LogP) is 3.90. The van der Waals surface area contributed by atoms with Crippen molar-refractivity contribution in [2.45, 2.75) is 20.5 Å². The lowest BCUT2D eigenvalue weighted by molar-refractivity contribution is -0.138. The molecule has 120 valence electrons. The van der Waals surface area contributed by atoms with Crippen LogP contribution in [0.25, 0.3) is 6.08 Å². The fraction of sp³-hybridized carbons (Fsp3) is 0.250. The molecule has 2 heterocycles. The summed E-state index contributed by atoms with van der Waals surface area (Å²) in [7, 11) is 0. The molecule has 0 fully saturated rings. The van der Waals surface area contributed by atoms with Gasteiger partial charge in [0, 0.05) is 6.08 Å². The van der Waals surface area contributed by atoms with Gasteiger partial charge >= 0.3 is 5.97 Å². The highest BCUT2D eigenvalue weighted by Crippen LogP contribution is 2.40. The van der Waals surface area contributed by atoms with Crippen LogP contribution in [0.15, 0.2) is 18.2 Å². The van der Waals surface area contributed by atoms with Gasteiger partial charge in [-0.15, -0.1) is 11.3 Å². The minimum Gasteiger partial charge on any atom is -0.457 e. The average molecular weight is 352 g/mol. The molecule has 1 aliphatic heterocycles. The Labute approximate surface area is 142 Å². The molecule has 5 nitrogen and oxygen atoms in total. The number of hydrogen-bond donors (Lipinski definition) is 0. The van der Waals surface area contributed by atoms with Crippen LogP contribution in [0.5, 0.6) is 11.5 Å². The zero-order chi connectivity index (χ0) is 16.4. The van der Waals surface area contributed by atoms with Gasteiger partial charge in [0.05, 0.1) is 20.6 Å². The van der Waals surface area contributed by atoms with Crippen LogP contribution < -0.4 is 9.47 Å². The zero-order valence-electron chi connectivity index (χ0n) is 12.6. The molecule has 0 unspecified atom stereocenters. The van der Waals surface area contributed by atoms with Crippen LogP contribution in [0.4, 0.5) is 0 Å². The zero-order valence-corrected chi connectivity index (χ0v) is 14.2. The Morgan fingerprint density at radius 3 is 3.00 bits per heavy atom. The fourth-order valence-electron chi connectivity index (χ4n) is 2.14. The summed E-state index contributed by atoms with van der Waals surface area (Å²) in [5.74, 6) is 0.674. The minimum absolute atomic E-state index is 0.151. The van der Waals surface area contributed by atoms with Crippen LogP contribution in [0, 0.1) is 13.8 Å². The summed E-state index contributed by atoms with van der Waals surface area (Å²) in [6.07, 6.45) is 2.98. The first-order chi connectivity index (χ1) is 11.0. The number of benzene rings is 1. The van der Waals surface area contributed by atoms with Crippen LogP contribution in [0.2, 0.25) is 5.02 Å². The molecule has 7 heteroatoms. The number of esters is 1. The predicted molar refractivity (Wildman–Crippen MR) is 88.0 cm³/mol. The van der Waals surface area contributed by atoms with E-state index in [9.17, 15) is 4.79 Å². The van der Waals surface area contributed by atoms with E-state index in [-0.39, 0.29) is 13.4 Å². The van der Waals surface area contributed by atoms with E-state index in [1.165, 1.54) is 17.4 Å². The van der Waals surface area contributed by atoms with Crippen molar-refractivity contribution in [3.63, 3.8) is 0 Å². The number of fused-ring (bicyclic) bond motifs is 1. The quantitative estimate of drug-likeness (QED) is 0.617. The van der Waals surface area contributed by atoms with Gasteiger partial charge < -0.3 is 14.2 Å². The maximum Gasteiger partial charge on any atom is 0.331 e. The minimum atomic E-state index is -0.427. The maximum atomic E-state index is 11.8. The Morgan fingerprint density at radius 1 is 1.43 bits per heavy atom. The molecule has 23 heavy (non-hydrogen) atoms. The maximum absolute atomic E-state index is 11.8. The van der Waals surface area contributed by atoms with E-state index in [0.717, 1.165) is 21.1 Å². The van der Waals surface area contributed by atoms with Crippen molar-refractivity contribution in [2.75, 3.05) is 6.79 Å². The number of nitrogens with zero attached hydrogens (tertiary/aromatic N) is 1. The topological polar surface area (TPSA) is 57.7 Å². The van der Waals surface area contributed by atoms with Gasteiger partial charge in [-0.3, -0.25) is 0 Å². The molecular weight excluding hydrogens is 338 g/mol. The molecule has 0 aliphatic carbocycles. The van der Waals surface area contributed by atoms with Crippen LogP contribution in [0.1, 0.15) is 21.1 Å². The van der Waals surface area contributed by atoms with E-state index in [4.69, 9.17) is 25.8 Å². The molecular formula is C16H14ClNO4S. The molecule has 2 aromatic rings. The number of carbonyl (C=O) groups is 1. The van der Waals surface area contributed by atoms with Gasteiger partial charge in [0.1, 0.15) is 6.61 Å². The Morgan fingerprint density at radius 2 is 2.26 bits per heavy atom. The largest absolute Gasteiger partial charge is 0.457 e. The summed E-state index contributed by atoms with van der Waals surface area (Å²) >= 11 is 7.62. The van der Waals surface area contributed by atoms with Gasteiger partial charge in [-0.1, -0.05) is 11.6 Å². The van der Waals surface area contributed by atoms with E-state index < -0.39 is 5.97 Å². The summed E-state index contributed by atoms with van der Waals surface area (Å²) in [6, 6.07) is 3.46. The van der Waals surface area contributed by atoms with E-state index in [1.807, 2.05) is 13.8 Å². The van der Waals surface area contributed by atoms with E-state index in [2.05, 4.69) is 4.98 Å². The number of carbonyl (C=O) groups excluding carboxylic acids is 1. The van der Waals surface area contributed by atoms with Gasteiger partial charge in [0.15, 0.2) is 11.5 Å². The molecule has 0 saturated carbocycles. The van der Waals surface area contributed by atoms with Crippen molar-refractivity contribution in [3.05, 3.63) is 44.4 Å². The van der Waals surface area contributed by atoms with Gasteiger partial charge in [-0.25, -0.2) is 9.78 Å². The van der Waals surface area contributed by atoms with E-state index in [0.29, 0.717) is 16.5 Å². The van der Waals surface area contributed by atoms with Gasteiger partial charge in [0.25, 0.3) is 0 Å². The molecule has 0 saturated heterocycles. The van der Waals surface area contributed by atoms with E-state index in [1.54, 1.807) is 18.2 Å². The summed E-state index contributed by atoms with van der Waals surface area (Å²) < 4.78 is 15.7. The summed E-state index contributed by atoms with van der Waals surface area (Å²) in [4.78, 5) is 17.1. The molecule has 0 atom stereocenters. The summed E-state index contributed by atoms with van der Waals surface area (Å²) in [6.45, 7) is 4.20. The summed E-state index contributed by atoms with van der Waals surface area (Å²) in [5, 5.41) is 1.41. The van der Waals surface area contributed by atoms with E-state index >= 15 is 0 Å². The number of rotatable bonds is 4. The third-order valence-corrected chi connectivity index (χ3v) is 4.53. The molecule has 1 aliphatic rings. The fourth-order valence-corrected chi connectivity index (χ4v) is 3.26. The molecule has 0 bridgehead atoms. The third kappa shape index (κ3) is 3.65. The molecule has 0 N–H and O–H groups in total. The number of ether oxygens (including phenoxy) is 3. The lowest BCUT2D eigenvalue weighted by Gasteiger charge is -2.02. The van der Waals surface area contributed by atoms with Crippen LogP contribution >= 0.6 is 22.9 Å². The first-order valence-corrected chi connectivity index (χ1v) is 8.09. The Kier molecular flexibility index (Phi) is 4.54. The normalized spacial score (nSPS) is 12.8. The van der Waals surface area contributed by atoms with Gasteiger partial charge in [-0.05, 0) is 37.6 Å². The first-order valence-electron chi connectivity index (χ1n) is 6.90. The van der Waals surface area contributed by atoms with Crippen LogP contribution in [0.3, 0.4) is 0 Å². The molecule has 0 spiro atoms. The van der Waals surface area contributed by atoms with Gasteiger partial charge in [0.2, 0.25) is 6.79 Å². The monoisotopic (exact) mass is 351 g/mol. The number of aromatic nitrogens is 1. The summed E-state index contributed by atoms with van der Waals surface area (Å²) in [5.41, 5.74) is 1.63. The first kappa shape index (κ1) is 15.8. The Balaban J connectivity index is 1.62. The van der Waals surface area contributed by atoms with Crippen LogP contribution in [-0.2, 0) is 16.1 Å². The van der Waals surface area contributed by atoms with Crippen LogP contribution in [-0.4, -0.2) is 17.7 Å². The number of thiazole rings is 1. The second kappa shape index (κ2) is 6.60. The third-order valence-electron chi connectivity index (χ3n) is 3.21.